The van der Waals surface area contributed by atoms with Crippen molar-refractivity contribution in [1.29, 1.82) is 0 Å². The summed E-state index contributed by atoms with van der Waals surface area (Å²) in [5.41, 5.74) is 3.11. The molecule has 3 nitrogen and oxygen atoms in total. The Hall–Kier alpha value is -2.54. The van der Waals surface area contributed by atoms with Crippen LogP contribution in [-0.2, 0) is 9.84 Å². The van der Waals surface area contributed by atoms with Gasteiger partial charge in [-0.2, -0.15) is 0 Å². The predicted molar refractivity (Wildman–Crippen MR) is 122 cm³/mol. The number of thiazole rings is 1. The highest BCUT2D eigenvalue weighted by Gasteiger charge is 2.19. The first-order chi connectivity index (χ1) is 14.3. The Morgan fingerprint density at radius 2 is 1.70 bits per heavy atom. The molecule has 0 bridgehead atoms. The van der Waals surface area contributed by atoms with Gasteiger partial charge in [-0.25, -0.2) is 17.8 Å². The van der Waals surface area contributed by atoms with Gasteiger partial charge in [0.05, 0.1) is 15.5 Å². The number of benzene rings is 2. The lowest BCUT2D eigenvalue weighted by atomic mass is 10.1. The number of aromatic nitrogens is 1. The van der Waals surface area contributed by atoms with Gasteiger partial charge in [0.25, 0.3) is 0 Å². The number of hydrogen-bond donors (Lipinski definition) is 0. The van der Waals surface area contributed by atoms with Crippen LogP contribution in [0.3, 0.4) is 0 Å². The molecule has 4 rings (SSSR count). The Balaban J connectivity index is 1.88. The smallest absolute Gasteiger partial charge is 0.175 e. The number of sulfone groups is 1. The van der Waals surface area contributed by atoms with Gasteiger partial charge in [0.1, 0.15) is 10.8 Å². The SMILES string of the molecule is CS(=O)(=O)c1ccc(-c2sc(C3=CC=CCC=C3Cl)nc2-c2ccc(F)cc2)cc1. The van der Waals surface area contributed by atoms with Crippen LogP contribution in [0.25, 0.3) is 27.3 Å². The molecule has 1 heterocycles. The van der Waals surface area contributed by atoms with E-state index >= 15 is 0 Å². The number of hydrogen-bond acceptors (Lipinski definition) is 4. The van der Waals surface area contributed by atoms with Gasteiger partial charge in [-0.05, 0) is 48.4 Å². The molecule has 0 spiro atoms. The number of nitrogens with zero attached hydrogens (tertiary/aromatic N) is 1. The highest BCUT2D eigenvalue weighted by atomic mass is 35.5. The van der Waals surface area contributed by atoms with Gasteiger partial charge in [-0.1, -0.05) is 48.0 Å². The van der Waals surface area contributed by atoms with E-state index < -0.39 is 9.84 Å². The van der Waals surface area contributed by atoms with Crippen molar-refractivity contribution in [3.63, 3.8) is 0 Å². The first-order valence-corrected chi connectivity index (χ1v) is 12.2. The van der Waals surface area contributed by atoms with Crippen molar-refractivity contribution in [1.82, 2.24) is 4.98 Å². The normalized spacial score (nSPS) is 14.2. The molecule has 3 aromatic rings. The average Bonchev–Trinajstić information content (AvgIpc) is 3.04. The zero-order valence-electron chi connectivity index (χ0n) is 16.0. The summed E-state index contributed by atoms with van der Waals surface area (Å²) in [5, 5.41) is 1.36. The van der Waals surface area contributed by atoms with Crippen molar-refractivity contribution in [2.45, 2.75) is 11.3 Å². The maximum absolute atomic E-state index is 13.5. The lowest BCUT2D eigenvalue weighted by molar-refractivity contribution is 0.602. The van der Waals surface area contributed by atoms with E-state index in [0.29, 0.717) is 10.7 Å². The third-order valence-corrected chi connectivity index (χ3v) is 7.23. The molecule has 1 aromatic heterocycles. The van der Waals surface area contributed by atoms with Crippen molar-refractivity contribution in [3.8, 4) is 21.7 Å². The molecule has 0 atom stereocenters. The fraction of sp³-hybridized carbons (Fsp3) is 0.0870. The molecule has 0 saturated heterocycles. The summed E-state index contributed by atoms with van der Waals surface area (Å²) in [4.78, 5) is 5.93. The van der Waals surface area contributed by atoms with Crippen LogP contribution in [0, 0.1) is 5.82 Å². The summed E-state index contributed by atoms with van der Waals surface area (Å²) < 4.78 is 37.1. The molecule has 0 saturated carbocycles. The standard InChI is InChI=1S/C23H17ClFNO2S2/c1-30(27,28)18-13-9-16(10-14-18)22-21(15-7-11-17(25)12-8-15)26-23(29-22)19-5-3-2-4-6-20(19)24/h2-3,5-14H,4H2,1H3. The molecule has 0 unspecified atom stereocenters. The molecule has 0 N–H and O–H groups in total. The molecule has 7 heteroatoms. The van der Waals surface area contributed by atoms with Crippen LogP contribution < -0.4 is 0 Å². The van der Waals surface area contributed by atoms with Crippen molar-refractivity contribution >= 4 is 38.3 Å². The van der Waals surface area contributed by atoms with Gasteiger partial charge in [-0.15, -0.1) is 11.3 Å². The molecule has 2 aromatic carbocycles. The highest BCUT2D eigenvalue weighted by Crippen LogP contribution is 2.41. The summed E-state index contributed by atoms with van der Waals surface area (Å²) in [7, 11) is -3.29. The van der Waals surface area contributed by atoms with Gasteiger partial charge >= 0.3 is 0 Å². The van der Waals surface area contributed by atoms with Gasteiger partial charge in [0.2, 0.25) is 0 Å². The quantitative estimate of drug-likeness (QED) is 0.450. The predicted octanol–water partition coefficient (Wildman–Crippen LogP) is 6.49. The van der Waals surface area contributed by atoms with Gasteiger partial charge < -0.3 is 0 Å². The second-order valence-corrected chi connectivity index (χ2v) is 10.2. The van der Waals surface area contributed by atoms with E-state index in [1.807, 2.05) is 24.3 Å². The van der Waals surface area contributed by atoms with Gasteiger partial charge in [0.15, 0.2) is 9.84 Å². The second kappa shape index (κ2) is 8.30. The molecule has 0 aliphatic heterocycles. The van der Waals surface area contributed by atoms with E-state index in [2.05, 4.69) is 0 Å². The Kier molecular flexibility index (Phi) is 5.73. The lowest BCUT2D eigenvalue weighted by Gasteiger charge is -2.04. The summed E-state index contributed by atoms with van der Waals surface area (Å²) in [6, 6.07) is 12.8. The molecule has 1 aliphatic carbocycles. The van der Waals surface area contributed by atoms with Crippen molar-refractivity contribution < 1.29 is 12.8 Å². The lowest BCUT2D eigenvalue weighted by Crippen LogP contribution is -1.96. The Labute approximate surface area is 183 Å². The molecule has 0 fully saturated rings. The molecule has 0 radical (unpaired) electrons. The summed E-state index contributed by atoms with van der Waals surface area (Å²) in [6.45, 7) is 0. The van der Waals surface area contributed by atoms with Gasteiger partial charge in [0, 0.05) is 22.4 Å². The van der Waals surface area contributed by atoms with Crippen LogP contribution >= 0.6 is 22.9 Å². The Morgan fingerprint density at radius 1 is 1.03 bits per heavy atom. The van der Waals surface area contributed by atoms with E-state index in [1.54, 1.807) is 36.4 Å². The molecule has 0 amide bonds. The van der Waals surface area contributed by atoms with Crippen molar-refractivity contribution in [2.24, 2.45) is 0 Å². The fourth-order valence-corrected chi connectivity index (χ4v) is 5.13. The van der Waals surface area contributed by atoms with E-state index in [4.69, 9.17) is 16.6 Å². The van der Waals surface area contributed by atoms with Gasteiger partial charge in [-0.3, -0.25) is 0 Å². The van der Waals surface area contributed by atoms with Crippen LogP contribution in [0.15, 0.2) is 82.8 Å². The summed E-state index contributed by atoms with van der Waals surface area (Å²) in [5.74, 6) is -0.323. The van der Waals surface area contributed by atoms with Crippen LogP contribution in [0.1, 0.15) is 11.4 Å². The maximum Gasteiger partial charge on any atom is 0.175 e. The minimum Gasteiger partial charge on any atom is -0.235 e. The minimum atomic E-state index is -3.29. The van der Waals surface area contributed by atoms with E-state index in [0.717, 1.165) is 33.0 Å². The molecule has 1 aliphatic rings. The third-order valence-electron chi connectivity index (χ3n) is 4.61. The summed E-state index contributed by atoms with van der Waals surface area (Å²) in [6.07, 6.45) is 9.73. The Bertz CT molecular complexity index is 1290. The molecule has 152 valence electrons. The first kappa shape index (κ1) is 20.7. The third kappa shape index (κ3) is 4.31. The average molecular weight is 458 g/mol. The topological polar surface area (TPSA) is 47.0 Å². The zero-order chi connectivity index (χ0) is 21.3. The Morgan fingerprint density at radius 3 is 2.37 bits per heavy atom. The number of rotatable bonds is 4. The van der Waals surface area contributed by atoms with Crippen LogP contribution in [0.4, 0.5) is 4.39 Å². The highest BCUT2D eigenvalue weighted by molar-refractivity contribution is 7.90. The van der Waals surface area contributed by atoms with E-state index in [-0.39, 0.29) is 10.7 Å². The summed E-state index contributed by atoms with van der Waals surface area (Å²) >= 11 is 7.93. The second-order valence-electron chi connectivity index (χ2n) is 6.80. The molecule has 30 heavy (non-hydrogen) atoms. The van der Waals surface area contributed by atoms with E-state index in [9.17, 15) is 12.8 Å². The van der Waals surface area contributed by atoms with E-state index in [1.165, 1.54) is 29.7 Å². The largest absolute Gasteiger partial charge is 0.235 e. The molecular formula is C23H17ClFNO2S2. The van der Waals surface area contributed by atoms with Crippen LogP contribution in [0.5, 0.6) is 0 Å². The number of allylic oxidation sites excluding steroid dienone is 6. The number of halogens is 2. The maximum atomic E-state index is 13.5. The zero-order valence-corrected chi connectivity index (χ0v) is 18.4. The monoisotopic (exact) mass is 457 g/mol. The van der Waals surface area contributed by atoms with Crippen LogP contribution in [-0.4, -0.2) is 19.7 Å². The minimum absolute atomic E-state index is 0.252. The molecular weight excluding hydrogens is 441 g/mol. The fourth-order valence-electron chi connectivity index (χ4n) is 3.07. The van der Waals surface area contributed by atoms with Crippen molar-refractivity contribution in [2.75, 3.05) is 6.26 Å². The van der Waals surface area contributed by atoms with Crippen LogP contribution in [0.2, 0.25) is 0 Å². The first-order valence-electron chi connectivity index (χ1n) is 9.13. The van der Waals surface area contributed by atoms with Crippen molar-refractivity contribution in [3.05, 3.63) is 88.7 Å².